The van der Waals surface area contributed by atoms with Gasteiger partial charge in [-0.3, -0.25) is 14.6 Å². The summed E-state index contributed by atoms with van der Waals surface area (Å²) in [6, 6.07) is 9.61. The van der Waals surface area contributed by atoms with Crippen molar-refractivity contribution in [2.75, 3.05) is 26.9 Å². The van der Waals surface area contributed by atoms with E-state index in [9.17, 15) is 14.7 Å². The standard InChI is InChI=1S/C23H26N2O5/c1-3-4-14-30-18-7-5-17(6-8-18)21(26)19-20(16-9-11-24-12-10-16)25(13-15-29-2)23(28)22(19)27/h5-12,20,26H,3-4,13-15H2,1-2H3/b21-19+/t20-/m0/s1. The van der Waals surface area contributed by atoms with E-state index in [4.69, 9.17) is 9.47 Å². The van der Waals surface area contributed by atoms with Crippen molar-refractivity contribution < 1.29 is 24.2 Å². The maximum atomic E-state index is 12.8. The maximum Gasteiger partial charge on any atom is 0.295 e. The zero-order valence-corrected chi connectivity index (χ0v) is 17.2. The van der Waals surface area contributed by atoms with Crippen LogP contribution < -0.4 is 4.74 Å². The van der Waals surface area contributed by atoms with E-state index in [1.165, 1.54) is 12.0 Å². The summed E-state index contributed by atoms with van der Waals surface area (Å²) in [5.41, 5.74) is 1.20. The number of Topliss-reactive ketones (excluding diaryl/α,β-unsaturated/α-hetero) is 1. The number of nitrogens with zero attached hydrogens (tertiary/aromatic N) is 2. The van der Waals surface area contributed by atoms with Crippen molar-refractivity contribution in [2.24, 2.45) is 0 Å². The zero-order valence-electron chi connectivity index (χ0n) is 17.2. The normalized spacial score (nSPS) is 18.1. The summed E-state index contributed by atoms with van der Waals surface area (Å²) in [7, 11) is 1.53. The number of hydrogen-bond donors (Lipinski definition) is 1. The Morgan fingerprint density at radius 2 is 1.80 bits per heavy atom. The van der Waals surface area contributed by atoms with E-state index < -0.39 is 17.7 Å². The van der Waals surface area contributed by atoms with E-state index in [0.29, 0.717) is 23.5 Å². The molecular weight excluding hydrogens is 384 g/mol. The molecule has 1 amide bonds. The molecule has 7 nitrogen and oxygen atoms in total. The van der Waals surface area contributed by atoms with Crippen LogP contribution in [0.3, 0.4) is 0 Å². The highest BCUT2D eigenvalue weighted by molar-refractivity contribution is 6.46. The second-order valence-electron chi connectivity index (χ2n) is 6.99. The van der Waals surface area contributed by atoms with Crippen LogP contribution in [-0.2, 0) is 14.3 Å². The molecule has 7 heteroatoms. The molecule has 0 bridgehead atoms. The van der Waals surface area contributed by atoms with Gasteiger partial charge in [-0.1, -0.05) is 13.3 Å². The summed E-state index contributed by atoms with van der Waals surface area (Å²) in [6.07, 6.45) is 5.18. The number of pyridine rings is 1. The Kier molecular flexibility index (Phi) is 7.19. The second kappa shape index (κ2) is 10.0. The van der Waals surface area contributed by atoms with Crippen LogP contribution in [0.2, 0.25) is 0 Å². The molecule has 1 aliphatic rings. The van der Waals surface area contributed by atoms with Gasteiger partial charge in [0.05, 0.1) is 24.8 Å². The second-order valence-corrected chi connectivity index (χ2v) is 6.99. The Balaban J connectivity index is 1.98. The van der Waals surface area contributed by atoms with E-state index >= 15 is 0 Å². The lowest BCUT2D eigenvalue weighted by molar-refractivity contribution is -0.140. The van der Waals surface area contributed by atoms with Crippen molar-refractivity contribution in [3.05, 3.63) is 65.5 Å². The lowest BCUT2D eigenvalue weighted by Gasteiger charge is -2.24. The average molecular weight is 410 g/mol. The number of ketones is 1. The smallest absolute Gasteiger partial charge is 0.295 e. The molecule has 1 aromatic heterocycles. The summed E-state index contributed by atoms with van der Waals surface area (Å²) >= 11 is 0. The molecule has 0 radical (unpaired) electrons. The van der Waals surface area contributed by atoms with Gasteiger partial charge in [0.1, 0.15) is 11.5 Å². The minimum Gasteiger partial charge on any atom is -0.507 e. The first-order valence-corrected chi connectivity index (χ1v) is 9.99. The number of ether oxygens (including phenoxy) is 2. The van der Waals surface area contributed by atoms with Gasteiger partial charge >= 0.3 is 0 Å². The van der Waals surface area contributed by atoms with Crippen LogP contribution >= 0.6 is 0 Å². The van der Waals surface area contributed by atoms with Gasteiger partial charge in [0.2, 0.25) is 0 Å². The fourth-order valence-corrected chi connectivity index (χ4v) is 3.39. The van der Waals surface area contributed by atoms with Gasteiger partial charge in [-0.05, 0) is 48.4 Å². The number of methoxy groups -OCH3 is 1. The molecule has 0 spiro atoms. The summed E-state index contributed by atoms with van der Waals surface area (Å²) in [5.74, 6) is -0.898. The van der Waals surface area contributed by atoms with Crippen molar-refractivity contribution in [1.29, 1.82) is 0 Å². The number of aromatic nitrogens is 1. The summed E-state index contributed by atoms with van der Waals surface area (Å²) < 4.78 is 10.7. The fourth-order valence-electron chi connectivity index (χ4n) is 3.39. The molecule has 1 aliphatic heterocycles. The molecule has 1 saturated heterocycles. The zero-order chi connectivity index (χ0) is 21.5. The fraction of sp³-hybridized carbons (Fsp3) is 0.348. The van der Waals surface area contributed by atoms with E-state index in [0.717, 1.165) is 12.8 Å². The predicted octanol–water partition coefficient (Wildman–Crippen LogP) is 3.33. The van der Waals surface area contributed by atoms with Crippen LogP contribution in [0.25, 0.3) is 5.76 Å². The van der Waals surface area contributed by atoms with Crippen LogP contribution in [0, 0.1) is 0 Å². The molecule has 158 valence electrons. The SMILES string of the molecule is CCCCOc1ccc(/C(O)=C2\C(=O)C(=O)N(CCOC)[C@H]2c2ccncc2)cc1. The summed E-state index contributed by atoms with van der Waals surface area (Å²) in [6.45, 7) is 3.22. The highest BCUT2D eigenvalue weighted by Gasteiger charge is 2.45. The first kappa shape index (κ1) is 21.5. The Labute approximate surface area is 175 Å². The van der Waals surface area contributed by atoms with Crippen LogP contribution in [0.15, 0.2) is 54.4 Å². The van der Waals surface area contributed by atoms with E-state index in [1.807, 2.05) is 0 Å². The van der Waals surface area contributed by atoms with Gasteiger partial charge in [-0.2, -0.15) is 0 Å². The Morgan fingerprint density at radius 3 is 2.43 bits per heavy atom. The van der Waals surface area contributed by atoms with Gasteiger partial charge < -0.3 is 19.5 Å². The van der Waals surface area contributed by atoms with Gasteiger partial charge in [0, 0.05) is 31.6 Å². The molecular formula is C23H26N2O5. The summed E-state index contributed by atoms with van der Waals surface area (Å²) in [5, 5.41) is 11.0. The lowest BCUT2D eigenvalue weighted by Crippen LogP contribution is -2.32. The third-order valence-corrected chi connectivity index (χ3v) is 4.99. The van der Waals surface area contributed by atoms with Crippen LogP contribution in [0.4, 0.5) is 0 Å². The van der Waals surface area contributed by atoms with Crippen molar-refractivity contribution in [3.63, 3.8) is 0 Å². The number of carbonyl (C=O) groups excluding carboxylic acids is 2. The van der Waals surface area contributed by atoms with Gasteiger partial charge in [-0.25, -0.2) is 0 Å². The third kappa shape index (κ3) is 4.52. The molecule has 2 aromatic rings. The van der Waals surface area contributed by atoms with Crippen molar-refractivity contribution in [2.45, 2.75) is 25.8 Å². The van der Waals surface area contributed by atoms with Crippen LogP contribution in [0.5, 0.6) is 5.75 Å². The Bertz CT molecular complexity index is 909. The largest absolute Gasteiger partial charge is 0.507 e. The van der Waals surface area contributed by atoms with Gasteiger partial charge in [-0.15, -0.1) is 0 Å². The number of unbranched alkanes of at least 4 members (excludes halogenated alkanes) is 1. The highest BCUT2D eigenvalue weighted by atomic mass is 16.5. The quantitative estimate of drug-likeness (QED) is 0.295. The topological polar surface area (TPSA) is 89.0 Å². The molecule has 30 heavy (non-hydrogen) atoms. The number of benzene rings is 1. The number of aliphatic hydroxyl groups excluding tert-OH is 1. The van der Waals surface area contributed by atoms with Crippen molar-refractivity contribution in [1.82, 2.24) is 9.88 Å². The monoisotopic (exact) mass is 410 g/mol. The molecule has 3 rings (SSSR count). The number of carbonyl (C=O) groups is 2. The Hall–Kier alpha value is -3.19. The highest BCUT2D eigenvalue weighted by Crippen LogP contribution is 2.39. The molecule has 0 unspecified atom stereocenters. The molecule has 1 aromatic carbocycles. The first-order valence-electron chi connectivity index (χ1n) is 9.99. The number of hydrogen-bond acceptors (Lipinski definition) is 6. The minimum atomic E-state index is -0.714. The number of aliphatic hydroxyl groups is 1. The summed E-state index contributed by atoms with van der Waals surface area (Å²) in [4.78, 5) is 30.9. The third-order valence-electron chi connectivity index (χ3n) is 4.99. The molecule has 1 N–H and O–H groups in total. The number of amides is 1. The molecule has 2 heterocycles. The van der Waals surface area contributed by atoms with Crippen molar-refractivity contribution in [3.8, 4) is 5.75 Å². The molecule has 0 aliphatic carbocycles. The molecule has 1 fully saturated rings. The van der Waals surface area contributed by atoms with Gasteiger partial charge in [0.15, 0.2) is 0 Å². The maximum absolute atomic E-state index is 12.8. The number of rotatable bonds is 9. The van der Waals surface area contributed by atoms with Crippen molar-refractivity contribution >= 4 is 17.4 Å². The molecule has 0 saturated carbocycles. The van der Waals surface area contributed by atoms with Crippen LogP contribution in [-0.4, -0.2) is 53.5 Å². The van der Waals surface area contributed by atoms with Crippen LogP contribution in [0.1, 0.15) is 36.9 Å². The lowest BCUT2D eigenvalue weighted by atomic mass is 9.96. The van der Waals surface area contributed by atoms with E-state index in [1.54, 1.807) is 48.8 Å². The Morgan fingerprint density at radius 1 is 1.10 bits per heavy atom. The molecule has 1 atom stereocenters. The van der Waals surface area contributed by atoms with E-state index in [-0.39, 0.29) is 24.5 Å². The first-order chi connectivity index (χ1) is 14.6. The van der Waals surface area contributed by atoms with Gasteiger partial charge in [0.25, 0.3) is 11.7 Å². The predicted molar refractivity (Wildman–Crippen MR) is 112 cm³/mol. The average Bonchev–Trinajstić information content (AvgIpc) is 3.03. The van der Waals surface area contributed by atoms with E-state index in [2.05, 4.69) is 11.9 Å². The minimum absolute atomic E-state index is 0.0574. The number of likely N-dealkylation sites (tertiary alicyclic amines) is 1.